The van der Waals surface area contributed by atoms with Gasteiger partial charge in [-0.15, -0.1) is 0 Å². The molecule has 4 rings (SSSR count). The van der Waals surface area contributed by atoms with E-state index >= 15 is 0 Å². The van der Waals surface area contributed by atoms with Crippen LogP contribution < -0.4 is 4.90 Å². The molecule has 0 saturated carbocycles. The Hall–Kier alpha value is -1.20. The molecule has 1 aromatic carbocycles. The van der Waals surface area contributed by atoms with Gasteiger partial charge in [-0.25, -0.2) is 4.98 Å². The predicted molar refractivity (Wildman–Crippen MR) is 81.9 cm³/mol. The van der Waals surface area contributed by atoms with Crippen molar-refractivity contribution in [3.8, 4) is 0 Å². The van der Waals surface area contributed by atoms with E-state index in [-0.39, 0.29) is 0 Å². The SMILES string of the molecule is Brc1ccc2ncc(N3CC4(CCOCC4)C3)nc2c1. The summed E-state index contributed by atoms with van der Waals surface area (Å²) >= 11 is 3.49. The van der Waals surface area contributed by atoms with Crippen LogP contribution >= 0.6 is 15.9 Å². The van der Waals surface area contributed by atoms with Crippen LogP contribution in [0.1, 0.15) is 12.8 Å². The van der Waals surface area contributed by atoms with Gasteiger partial charge >= 0.3 is 0 Å². The van der Waals surface area contributed by atoms with Gasteiger partial charge in [0.05, 0.1) is 17.2 Å². The molecule has 0 N–H and O–H groups in total. The number of benzene rings is 1. The number of nitrogens with zero attached hydrogens (tertiary/aromatic N) is 3. The van der Waals surface area contributed by atoms with Gasteiger partial charge in [0.2, 0.25) is 0 Å². The van der Waals surface area contributed by atoms with E-state index in [0.29, 0.717) is 5.41 Å². The number of aromatic nitrogens is 2. The molecule has 1 aromatic heterocycles. The van der Waals surface area contributed by atoms with Crippen molar-refractivity contribution in [1.82, 2.24) is 9.97 Å². The van der Waals surface area contributed by atoms with Gasteiger partial charge in [0.1, 0.15) is 5.82 Å². The molecular weight excluding hydrogens is 318 g/mol. The van der Waals surface area contributed by atoms with E-state index in [4.69, 9.17) is 9.72 Å². The molecule has 0 bridgehead atoms. The van der Waals surface area contributed by atoms with Crippen molar-refractivity contribution in [2.75, 3.05) is 31.2 Å². The molecule has 2 fully saturated rings. The number of fused-ring (bicyclic) bond motifs is 1. The predicted octanol–water partition coefficient (Wildman–Crippen LogP) is 3.01. The van der Waals surface area contributed by atoms with Crippen LogP contribution in [0.2, 0.25) is 0 Å². The highest BCUT2D eigenvalue weighted by Gasteiger charge is 2.44. The summed E-state index contributed by atoms with van der Waals surface area (Å²) in [6, 6.07) is 6.01. The van der Waals surface area contributed by atoms with E-state index in [9.17, 15) is 0 Å². The number of anilines is 1. The fraction of sp³-hybridized carbons (Fsp3) is 0.467. The number of rotatable bonds is 1. The van der Waals surface area contributed by atoms with E-state index < -0.39 is 0 Å². The molecule has 0 amide bonds. The maximum atomic E-state index is 5.46. The van der Waals surface area contributed by atoms with E-state index in [1.165, 1.54) is 12.8 Å². The van der Waals surface area contributed by atoms with Crippen LogP contribution in [0.5, 0.6) is 0 Å². The molecule has 1 spiro atoms. The Morgan fingerprint density at radius 2 is 1.95 bits per heavy atom. The molecule has 0 aliphatic carbocycles. The Morgan fingerprint density at radius 1 is 1.15 bits per heavy atom. The smallest absolute Gasteiger partial charge is 0.147 e. The summed E-state index contributed by atoms with van der Waals surface area (Å²) in [5.41, 5.74) is 2.36. The maximum Gasteiger partial charge on any atom is 0.147 e. The largest absolute Gasteiger partial charge is 0.381 e. The number of ether oxygens (including phenoxy) is 1. The third kappa shape index (κ3) is 2.09. The molecule has 4 nitrogen and oxygen atoms in total. The monoisotopic (exact) mass is 333 g/mol. The first kappa shape index (κ1) is 12.5. The summed E-state index contributed by atoms with van der Waals surface area (Å²) in [6.45, 7) is 3.99. The van der Waals surface area contributed by atoms with E-state index in [1.54, 1.807) is 0 Å². The van der Waals surface area contributed by atoms with Crippen molar-refractivity contribution in [2.45, 2.75) is 12.8 Å². The van der Waals surface area contributed by atoms with Crippen LogP contribution in [0.15, 0.2) is 28.9 Å². The second-order valence-corrected chi connectivity index (χ2v) is 6.75. The van der Waals surface area contributed by atoms with Gasteiger partial charge < -0.3 is 9.64 Å². The number of halogens is 1. The van der Waals surface area contributed by atoms with E-state index in [2.05, 4.69) is 25.8 Å². The molecule has 20 heavy (non-hydrogen) atoms. The Labute approximate surface area is 126 Å². The van der Waals surface area contributed by atoms with Crippen molar-refractivity contribution in [1.29, 1.82) is 0 Å². The highest BCUT2D eigenvalue weighted by Crippen LogP contribution is 2.41. The summed E-state index contributed by atoms with van der Waals surface area (Å²) in [4.78, 5) is 11.6. The van der Waals surface area contributed by atoms with Gasteiger partial charge in [0.25, 0.3) is 0 Å². The second kappa shape index (κ2) is 4.67. The number of hydrogen-bond acceptors (Lipinski definition) is 4. The first-order valence-corrected chi connectivity index (χ1v) is 7.79. The molecule has 5 heteroatoms. The van der Waals surface area contributed by atoms with Gasteiger partial charge in [-0.05, 0) is 31.0 Å². The topological polar surface area (TPSA) is 38.2 Å². The lowest BCUT2D eigenvalue weighted by Crippen LogP contribution is -2.58. The Balaban J connectivity index is 1.57. The lowest BCUT2D eigenvalue weighted by atomic mass is 9.73. The molecule has 3 heterocycles. The molecule has 0 unspecified atom stereocenters. The fourth-order valence-electron chi connectivity index (χ4n) is 3.17. The van der Waals surface area contributed by atoms with Crippen LogP contribution in [0, 0.1) is 5.41 Å². The highest BCUT2D eigenvalue weighted by molar-refractivity contribution is 9.10. The third-order valence-corrected chi connectivity index (χ3v) is 4.91. The summed E-state index contributed by atoms with van der Waals surface area (Å²) in [7, 11) is 0. The molecule has 2 saturated heterocycles. The lowest BCUT2D eigenvalue weighted by molar-refractivity contribution is -0.000453. The average molecular weight is 334 g/mol. The zero-order chi connectivity index (χ0) is 13.6. The van der Waals surface area contributed by atoms with Gasteiger partial charge in [0.15, 0.2) is 0 Å². The number of hydrogen-bond donors (Lipinski definition) is 0. The summed E-state index contributed by atoms with van der Waals surface area (Å²) in [5.74, 6) is 0.993. The Kier molecular flexibility index (Phi) is 2.93. The molecule has 0 radical (unpaired) electrons. The van der Waals surface area contributed by atoms with Gasteiger partial charge in [-0.3, -0.25) is 4.98 Å². The minimum atomic E-state index is 0.464. The zero-order valence-corrected chi connectivity index (χ0v) is 12.8. The maximum absolute atomic E-state index is 5.46. The summed E-state index contributed by atoms with van der Waals surface area (Å²) in [6.07, 6.45) is 4.24. The second-order valence-electron chi connectivity index (χ2n) is 5.83. The molecule has 2 aliphatic heterocycles. The van der Waals surface area contributed by atoms with Crippen molar-refractivity contribution >= 4 is 32.8 Å². The third-order valence-electron chi connectivity index (χ3n) is 4.42. The minimum Gasteiger partial charge on any atom is -0.381 e. The molecular formula is C15H16BrN3O. The van der Waals surface area contributed by atoms with Crippen LogP contribution in [0.3, 0.4) is 0 Å². The van der Waals surface area contributed by atoms with Crippen LogP contribution in [-0.2, 0) is 4.74 Å². The summed E-state index contributed by atoms with van der Waals surface area (Å²) < 4.78 is 6.50. The van der Waals surface area contributed by atoms with E-state index in [0.717, 1.165) is 47.6 Å². The summed E-state index contributed by atoms with van der Waals surface area (Å²) in [5, 5.41) is 0. The van der Waals surface area contributed by atoms with Crippen LogP contribution in [0.4, 0.5) is 5.82 Å². The minimum absolute atomic E-state index is 0.464. The molecule has 0 atom stereocenters. The zero-order valence-electron chi connectivity index (χ0n) is 11.2. The highest BCUT2D eigenvalue weighted by atomic mass is 79.9. The van der Waals surface area contributed by atoms with Crippen molar-refractivity contribution in [3.05, 3.63) is 28.9 Å². The first-order valence-electron chi connectivity index (χ1n) is 6.99. The Morgan fingerprint density at radius 3 is 2.75 bits per heavy atom. The van der Waals surface area contributed by atoms with E-state index in [1.807, 2.05) is 24.4 Å². The molecule has 2 aromatic rings. The average Bonchev–Trinajstić information content (AvgIpc) is 2.45. The van der Waals surface area contributed by atoms with Gasteiger partial charge in [-0.1, -0.05) is 15.9 Å². The van der Waals surface area contributed by atoms with Crippen molar-refractivity contribution in [2.24, 2.45) is 5.41 Å². The first-order chi connectivity index (χ1) is 9.74. The quantitative estimate of drug-likeness (QED) is 0.804. The van der Waals surface area contributed by atoms with Gasteiger partial charge in [-0.2, -0.15) is 0 Å². The van der Waals surface area contributed by atoms with Gasteiger partial charge in [0, 0.05) is 36.2 Å². The normalized spacial score (nSPS) is 21.1. The molecule has 104 valence electrons. The van der Waals surface area contributed by atoms with Crippen LogP contribution in [-0.4, -0.2) is 36.3 Å². The van der Waals surface area contributed by atoms with Crippen molar-refractivity contribution in [3.63, 3.8) is 0 Å². The molecule has 2 aliphatic rings. The standard InChI is InChI=1S/C15H16BrN3O/c16-11-1-2-12-13(7-11)18-14(8-17-12)19-9-15(10-19)3-5-20-6-4-15/h1-2,7-8H,3-6,9-10H2. The Bertz CT molecular complexity index is 647. The fourth-order valence-corrected chi connectivity index (χ4v) is 3.52. The van der Waals surface area contributed by atoms with Crippen molar-refractivity contribution < 1.29 is 4.74 Å². The lowest BCUT2D eigenvalue weighted by Gasteiger charge is -2.52. The van der Waals surface area contributed by atoms with Crippen LogP contribution in [0.25, 0.3) is 11.0 Å².